The average Bonchev–Trinajstić information content (AvgIpc) is 3.59. The molecule has 8 N–H and O–H groups in total. The average molecular weight is 545 g/mol. The van der Waals surface area contributed by atoms with Crippen molar-refractivity contribution < 1.29 is 33.7 Å². The summed E-state index contributed by atoms with van der Waals surface area (Å²) in [6, 6.07) is 8.04. The van der Waals surface area contributed by atoms with Crippen LogP contribution in [0.3, 0.4) is 0 Å². The smallest absolute Gasteiger partial charge is 0.387 e. The number of para-hydroxylation sites is 1. The molecule has 4 heterocycles. The summed E-state index contributed by atoms with van der Waals surface area (Å²) in [5.41, 5.74) is 7.88. The predicted octanol–water partition coefficient (Wildman–Crippen LogP) is 0.178. The van der Waals surface area contributed by atoms with Crippen LogP contribution >= 0.6 is 7.75 Å². The molecule has 1 aliphatic rings. The molecule has 4 aromatic rings. The highest BCUT2D eigenvalue weighted by molar-refractivity contribution is 7.50. The Kier molecular flexibility index (Phi) is 7.20. The van der Waals surface area contributed by atoms with Crippen molar-refractivity contribution in [3.63, 3.8) is 0 Å². The standard InChI is InChI=1S/C23H28N7O7P/c1-25-22(33)16(8-12-9-26-15-5-3-2-4-13(12)15)29-38(34,35)36-10-17-18(31)19(32)23(37-17)30-7-6-14-20(24)27-11-28-21(14)30/h2-7,9,11,16-19,23,26,31-32H,8,10H2,1H3,(H,25,33)(H2,24,27,28)(H2,29,34,35). The van der Waals surface area contributed by atoms with E-state index in [4.69, 9.17) is 15.0 Å². The van der Waals surface area contributed by atoms with Gasteiger partial charge in [0, 0.05) is 30.3 Å². The van der Waals surface area contributed by atoms with Crippen LogP contribution in [0.1, 0.15) is 11.8 Å². The Balaban J connectivity index is 1.26. The summed E-state index contributed by atoms with van der Waals surface area (Å²) in [6.45, 7) is -0.542. The zero-order chi connectivity index (χ0) is 27.0. The Bertz CT molecular complexity index is 1510. The van der Waals surface area contributed by atoms with Gasteiger partial charge in [0.15, 0.2) is 6.23 Å². The van der Waals surface area contributed by atoms with Crippen LogP contribution in [0.2, 0.25) is 0 Å². The van der Waals surface area contributed by atoms with Crippen molar-refractivity contribution >= 4 is 41.4 Å². The van der Waals surface area contributed by atoms with Gasteiger partial charge in [-0.1, -0.05) is 18.2 Å². The van der Waals surface area contributed by atoms with Crippen LogP contribution < -0.4 is 16.1 Å². The van der Waals surface area contributed by atoms with E-state index in [-0.39, 0.29) is 12.2 Å². The number of hydrogen-bond donors (Lipinski definition) is 7. The topological polar surface area (TPSA) is 210 Å². The second-order valence-corrected chi connectivity index (χ2v) is 10.5. The lowest BCUT2D eigenvalue weighted by molar-refractivity contribution is -0.122. The number of likely N-dealkylation sites (N-methyl/N-ethyl adjacent to an activating group) is 1. The van der Waals surface area contributed by atoms with E-state index < -0.39 is 50.8 Å². The van der Waals surface area contributed by atoms with Crippen LogP contribution in [0.25, 0.3) is 21.9 Å². The number of ether oxygens (including phenoxy) is 1. The van der Waals surface area contributed by atoms with E-state index in [1.54, 1.807) is 18.5 Å². The highest BCUT2D eigenvalue weighted by atomic mass is 31.2. The van der Waals surface area contributed by atoms with Gasteiger partial charge in [-0.3, -0.25) is 9.32 Å². The number of fused-ring (bicyclic) bond motifs is 2. The molecule has 0 bridgehead atoms. The first kappa shape index (κ1) is 26.3. The first-order valence-electron chi connectivity index (χ1n) is 11.8. The fourth-order valence-corrected chi connectivity index (χ4v) is 5.62. The number of H-pyrrole nitrogens is 1. The number of aliphatic hydroxyl groups is 2. The van der Waals surface area contributed by atoms with Crippen LogP contribution in [-0.2, 0) is 25.0 Å². The molecule has 1 amide bonds. The minimum atomic E-state index is -4.56. The summed E-state index contributed by atoms with van der Waals surface area (Å²) in [5.74, 6) is -0.270. The van der Waals surface area contributed by atoms with E-state index in [0.29, 0.717) is 11.0 Å². The molecule has 0 radical (unpaired) electrons. The summed E-state index contributed by atoms with van der Waals surface area (Å²) in [4.78, 5) is 34.2. The molecule has 0 spiro atoms. The van der Waals surface area contributed by atoms with Gasteiger partial charge in [0.05, 0.1) is 12.0 Å². The molecule has 14 nitrogen and oxygen atoms in total. The number of nitrogens with one attached hydrogen (secondary N) is 3. The molecule has 5 rings (SSSR count). The van der Waals surface area contributed by atoms with Crippen molar-refractivity contribution in [2.75, 3.05) is 19.4 Å². The van der Waals surface area contributed by atoms with Gasteiger partial charge in [-0.25, -0.2) is 19.6 Å². The van der Waals surface area contributed by atoms with E-state index in [1.165, 1.54) is 17.9 Å². The number of carbonyl (C=O) groups is 1. The van der Waals surface area contributed by atoms with Crippen LogP contribution in [0, 0.1) is 0 Å². The third-order valence-corrected chi connectivity index (χ3v) is 7.68. The summed E-state index contributed by atoms with van der Waals surface area (Å²) in [7, 11) is -3.14. The summed E-state index contributed by atoms with van der Waals surface area (Å²) >= 11 is 0. The zero-order valence-corrected chi connectivity index (χ0v) is 21.2. The second kappa shape index (κ2) is 10.4. The number of aromatic nitrogens is 4. The van der Waals surface area contributed by atoms with Gasteiger partial charge in [-0.15, -0.1) is 0 Å². The highest BCUT2D eigenvalue weighted by Gasteiger charge is 2.45. The van der Waals surface area contributed by atoms with E-state index in [2.05, 4.69) is 25.4 Å². The van der Waals surface area contributed by atoms with Crippen LogP contribution in [-0.4, -0.2) is 78.5 Å². The lowest BCUT2D eigenvalue weighted by Gasteiger charge is -2.22. The van der Waals surface area contributed by atoms with Crippen LogP contribution in [0.15, 0.2) is 49.1 Å². The van der Waals surface area contributed by atoms with E-state index in [9.17, 15) is 24.5 Å². The molecule has 1 aliphatic heterocycles. The van der Waals surface area contributed by atoms with Crippen molar-refractivity contribution in [2.24, 2.45) is 0 Å². The predicted molar refractivity (Wildman–Crippen MR) is 137 cm³/mol. The number of nitrogen functional groups attached to an aromatic ring is 1. The van der Waals surface area contributed by atoms with E-state index >= 15 is 0 Å². The number of nitrogens with zero attached hydrogens (tertiary/aromatic N) is 3. The lowest BCUT2D eigenvalue weighted by atomic mass is 10.1. The first-order valence-corrected chi connectivity index (χ1v) is 13.4. The van der Waals surface area contributed by atoms with Crippen molar-refractivity contribution in [1.29, 1.82) is 0 Å². The van der Waals surface area contributed by atoms with Gasteiger partial charge in [0.25, 0.3) is 0 Å². The molecule has 15 heteroatoms. The number of aliphatic hydroxyl groups excluding tert-OH is 2. The summed E-state index contributed by atoms with van der Waals surface area (Å²) in [6.07, 6.45) is -0.348. The monoisotopic (exact) mass is 545 g/mol. The molecular weight excluding hydrogens is 517 g/mol. The first-order chi connectivity index (χ1) is 18.2. The Morgan fingerprint density at radius 2 is 2.05 bits per heavy atom. The molecule has 6 unspecified atom stereocenters. The number of aromatic amines is 1. The third-order valence-electron chi connectivity index (χ3n) is 6.55. The van der Waals surface area contributed by atoms with Gasteiger partial charge in [0.1, 0.15) is 42.1 Å². The fourth-order valence-electron chi connectivity index (χ4n) is 4.59. The van der Waals surface area contributed by atoms with Crippen molar-refractivity contribution in [3.8, 4) is 0 Å². The minimum Gasteiger partial charge on any atom is -0.387 e. The molecule has 3 aromatic heterocycles. The molecule has 38 heavy (non-hydrogen) atoms. The Hall–Kier alpha value is -3.36. The van der Waals surface area contributed by atoms with Gasteiger partial charge >= 0.3 is 7.75 Å². The minimum absolute atomic E-state index is 0.104. The second-order valence-electron chi connectivity index (χ2n) is 8.94. The number of amides is 1. The van der Waals surface area contributed by atoms with Gasteiger partial charge in [-0.2, -0.15) is 0 Å². The number of anilines is 1. The largest absolute Gasteiger partial charge is 0.403 e. The molecule has 0 saturated carbocycles. The van der Waals surface area contributed by atoms with E-state index in [1.807, 2.05) is 24.3 Å². The Morgan fingerprint density at radius 1 is 1.26 bits per heavy atom. The Morgan fingerprint density at radius 3 is 2.84 bits per heavy atom. The van der Waals surface area contributed by atoms with Crippen molar-refractivity contribution in [2.45, 2.75) is 37.0 Å². The van der Waals surface area contributed by atoms with Crippen molar-refractivity contribution in [3.05, 3.63) is 54.6 Å². The quantitative estimate of drug-likeness (QED) is 0.141. The maximum atomic E-state index is 12.9. The fraction of sp³-hybridized carbons (Fsp3) is 0.348. The van der Waals surface area contributed by atoms with Crippen LogP contribution in [0.4, 0.5) is 5.82 Å². The molecule has 6 atom stereocenters. The molecular formula is C23H28N7O7P. The Labute approximate surface area is 216 Å². The van der Waals surface area contributed by atoms with Crippen LogP contribution in [0.5, 0.6) is 0 Å². The number of nitrogens with two attached hydrogens (primary N) is 1. The number of hydrogen-bond acceptors (Lipinski definition) is 9. The number of benzene rings is 1. The van der Waals surface area contributed by atoms with Gasteiger partial charge in [-0.05, 0) is 24.1 Å². The van der Waals surface area contributed by atoms with Gasteiger partial charge < -0.3 is 40.4 Å². The van der Waals surface area contributed by atoms with Gasteiger partial charge in [0.2, 0.25) is 5.91 Å². The maximum Gasteiger partial charge on any atom is 0.403 e. The number of rotatable bonds is 9. The van der Waals surface area contributed by atoms with E-state index in [0.717, 1.165) is 16.5 Å². The summed E-state index contributed by atoms with van der Waals surface area (Å²) in [5, 5.41) is 27.4. The maximum absolute atomic E-state index is 12.9. The molecule has 1 saturated heterocycles. The SMILES string of the molecule is CNC(=O)C(Cc1c[nH]c2ccccc12)NP(=O)(O)OCC1OC(n2ccc3c(N)ncnc32)C(O)C1O. The molecule has 1 fully saturated rings. The third kappa shape index (κ3) is 5.02. The molecule has 202 valence electrons. The highest BCUT2D eigenvalue weighted by Crippen LogP contribution is 2.40. The number of carbonyl (C=O) groups excluding carboxylic acids is 1. The van der Waals surface area contributed by atoms with Crippen molar-refractivity contribution in [1.82, 2.24) is 29.9 Å². The molecule has 0 aliphatic carbocycles. The lowest BCUT2D eigenvalue weighted by Crippen LogP contribution is -2.43. The summed E-state index contributed by atoms with van der Waals surface area (Å²) < 4.78 is 25.4. The normalized spacial score (nSPS) is 24.0. The molecule has 1 aromatic carbocycles. The zero-order valence-electron chi connectivity index (χ0n) is 20.3.